The Morgan fingerprint density at radius 3 is 1.35 bits per heavy atom. The minimum Gasteiger partial charge on any atom is -0.486 e. The van der Waals surface area contributed by atoms with E-state index in [-0.39, 0.29) is 36.1 Å². The van der Waals surface area contributed by atoms with E-state index >= 15 is 0 Å². The van der Waals surface area contributed by atoms with Crippen molar-refractivity contribution in [2.75, 3.05) is 0 Å². The lowest BCUT2D eigenvalue weighted by Crippen LogP contribution is -2.05. The van der Waals surface area contributed by atoms with Crippen molar-refractivity contribution in [3.63, 3.8) is 0 Å². The van der Waals surface area contributed by atoms with Crippen molar-refractivity contribution in [3.8, 4) is 22.6 Å². The number of carboxylic acids is 2. The van der Waals surface area contributed by atoms with E-state index in [9.17, 15) is 19.8 Å². The van der Waals surface area contributed by atoms with Crippen molar-refractivity contribution in [2.45, 2.75) is 13.2 Å². The van der Waals surface area contributed by atoms with Gasteiger partial charge in [-0.15, -0.1) is 0 Å². The van der Waals surface area contributed by atoms with E-state index in [1.807, 2.05) is 48.5 Å². The maximum atomic E-state index is 11.2. The van der Waals surface area contributed by atoms with E-state index in [1.54, 1.807) is 24.3 Å². The monoisotopic (exact) mass is 456 g/mol. The van der Waals surface area contributed by atoms with Crippen molar-refractivity contribution in [2.24, 2.45) is 0 Å². The van der Waals surface area contributed by atoms with Crippen LogP contribution < -0.4 is 9.47 Å². The van der Waals surface area contributed by atoms with Crippen molar-refractivity contribution in [1.82, 2.24) is 9.97 Å². The molecule has 0 atom stereocenters. The molecular formula is C26H20N2O6. The van der Waals surface area contributed by atoms with E-state index in [4.69, 9.17) is 9.47 Å². The molecule has 0 aliphatic carbocycles. The molecule has 0 aliphatic rings. The van der Waals surface area contributed by atoms with Gasteiger partial charge >= 0.3 is 11.9 Å². The van der Waals surface area contributed by atoms with Gasteiger partial charge in [0.15, 0.2) is 22.9 Å². The molecular weight excluding hydrogens is 436 g/mol. The summed E-state index contributed by atoms with van der Waals surface area (Å²) in [5.41, 5.74) is 3.55. The highest BCUT2D eigenvalue weighted by atomic mass is 16.5. The van der Waals surface area contributed by atoms with Crippen LogP contribution in [0.1, 0.15) is 32.1 Å². The summed E-state index contributed by atoms with van der Waals surface area (Å²) in [6, 6.07) is 21.9. The van der Waals surface area contributed by atoms with E-state index in [1.165, 1.54) is 12.4 Å². The van der Waals surface area contributed by atoms with Gasteiger partial charge in [0.25, 0.3) is 0 Å². The van der Waals surface area contributed by atoms with Gasteiger partial charge in [0.2, 0.25) is 0 Å². The maximum absolute atomic E-state index is 11.2. The third kappa shape index (κ3) is 5.36. The first-order chi connectivity index (χ1) is 16.5. The van der Waals surface area contributed by atoms with Crippen LogP contribution >= 0.6 is 0 Å². The van der Waals surface area contributed by atoms with Crippen LogP contribution in [0, 0.1) is 0 Å². The van der Waals surface area contributed by atoms with E-state index in [0.717, 1.165) is 22.3 Å². The largest absolute Gasteiger partial charge is 0.486 e. The fourth-order valence-corrected chi connectivity index (χ4v) is 3.24. The zero-order chi connectivity index (χ0) is 23.9. The topological polar surface area (TPSA) is 119 Å². The molecule has 34 heavy (non-hydrogen) atoms. The van der Waals surface area contributed by atoms with E-state index in [2.05, 4.69) is 9.97 Å². The quantitative estimate of drug-likeness (QED) is 0.372. The number of carbonyl (C=O) groups is 2. The highest BCUT2D eigenvalue weighted by molar-refractivity contribution is 5.88. The van der Waals surface area contributed by atoms with Gasteiger partial charge in [0, 0.05) is 12.4 Å². The minimum atomic E-state index is -1.14. The van der Waals surface area contributed by atoms with Crippen LogP contribution in [0.2, 0.25) is 0 Å². The lowest BCUT2D eigenvalue weighted by atomic mass is 10.0. The number of hydrogen-bond acceptors (Lipinski definition) is 6. The standard InChI is InChI=1S/C26H20N2O6/c29-25(30)23-21(3-1-13-27-23)33-15-17-5-9-19(10-6-17)20-11-7-18(8-12-20)16-34-22-4-2-14-28-24(22)26(31)32/h1-14H,15-16H2,(H,29,30)(H,31,32). The Balaban J connectivity index is 1.37. The molecule has 0 aliphatic heterocycles. The zero-order valence-corrected chi connectivity index (χ0v) is 17.9. The first-order valence-corrected chi connectivity index (χ1v) is 10.3. The van der Waals surface area contributed by atoms with Crippen LogP contribution in [-0.2, 0) is 13.2 Å². The average Bonchev–Trinajstić information content (AvgIpc) is 2.87. The molecule has 0 saturated carbocycles. The van der Waals surface area contributed by atoms with Crippen molar-refractivity contribution < 1.29 is 29.3 Å². The zero-order valence-electron chi connectivity index (χ0n) is 17.9. The Labute approximate surface area is 195 Å². The van der Waals surface area contributed by atoms with Crippen molar-refractivity contribution in [3.05, 3.63) is 108 Å². The molecule has 0 bridgehead atoms. The van der Waals surface area contributed by atoms with Crippen molar-refractivity contribution in [1.29, 1.82) is 0 Å². The Kier molecular flexibility index (Phi) is 6.78. The fraction of sp³-hybridized carbons (Fsp3) is 0.0769. The number of nitrogens with zero attached hydrogens (tertiary/aromatic N) is 2. The first-order valence-electron chi connectivity index (χ1n) is 10.3. The molecule has 4 aromatic rings. The number of aromatic carboxylic acids is 2. The summed E-state index contributed by atoms with van der Waals surface area (Å²) in [7, 11) is 0. The summed E-state index contributed by atoms with van der Waals surface area (Å²) >= 11 is 0. The average molecular weight is 456 g/mol. The summed E-state index contributed by atoms with van der Waals surface area (Å²) in [5, 5.41) is 18.4. The number of ether oxygens (including phenoxy) is 2. The van der Waals surface area contributed by atoms with Crippen LogP contribution in [0.15, 0.2) is 85.2 Å². The smallest absolute Gasteiger partial charge is 0.358 e. The van der Waals surface area contributed by atoms with Crippen LogP contribution in [0.25, 0.3) is 11.1 Å². The van der Waals surface area contributed by atoms with Crippen LogP contribution in [0.5, 0.6) is 11.5 Å². The highest BCUT2D eigenvalue weighted by Crippen LogP contribution is 2.23. The second-order valence-electron chi connectivity index (χ2n) is 7.28. The highest BCUT2D eigenvalue weighted by Gasteiger charge is 2.13. The maximum Gasteiger partial charge on any atom is 0.358 e. The predicted molar refractivity (Wildman–Crippen MR) is 123 cm³/mol. The molecule has 0 fully saturated rings. The summed E-state index contributed by atoms with van der Waals surface area (Å²) in [4.78, 5) is 30.1. The van der Waals surface area contributed by atoms with Crippen LogP contribution in [-0.4, -0.2) is 32.1 Å². The summed E-state index contributed by atoms with van der Waals surface area (Å²) in [6.07, 6.45) is 2.82. The third-order valence-electron chi connectivity index (χ3n) is 4.98. The van der Waals surface area contributed by atoms with Crippen LogP contribution in [0.3, 0.4) is 0 Å². The van der Waals surface area contributed by atoms with Gasteiger partial charge in [-0.3, -0.25) is 0 Å². The predicted octanol–water partition coefficient (Wildman–Crippen LogP) is 4.70. The lowest BCUT2D eigenvalue weighted by molar-refractivity contribution is 0.0673. The minimum absolute atomic E-state index is 0.120. The van der Waals surface area contributed by atoms with E-state index in [0.29, 0.717) is 0 Å². The number of aromatic nitrogens is 2. The molecule has 0 radical (unpaired) electrons. The Hall–Kier alpha value is -4.72. The van der Waals surface area contributed by atoms with Gasteiger partial charge in [-0.05, 0) is 46.5 Å². The summed E-state index contributed by atoms with van der Waals surface area (Å²) < 4.78 is 11.3. The number of rotatable bonds is 9. The Bertz CT molecular complexity index is 1200. The molecule has 2 heterocycles. The normalized spacial score (nSPS) is 10.5. The lowest BCUT2D eigenvalue weighted by Gasteiger charge is -2.10. The molecule has 170 valence electrons. The molecule has 8 heteroatoms. The van der Waals surface area contributed by atoms with Gasteiger partial charge in [0.1, 0.15) is 13.2 Å². The molecule has 2 N–H and O–H groups in total. The van der Waals surface area contributed by atoms with Gasteiger partial charge in [-0.2, -0.15) is 0 Å². The fourth-order valence-electron chi connectivity index (χ4n) is 3.24. The molecule has 8 nitrogen and oxygen atoms in total. The Morgan fingerprint density at radius 2 is 1.00 bits per heavy atom. The summed E-state index contributed by atoms with van der Waals surface area (Å²) in [6.45, 7) is 0.435. The van der Waals surface area contributed by atoms with Crippen LogP contribution in [0.4, 0.5) is 0 Å². The van der Waals surface area contributed by atoms with Gasteiger partial charge in [-0.1, -0.05) is 48.5 Å². The van der Waals surface area contributed by atoms with Gasteiger partial charge in [-0.25, -0.2) is 19.6 Å². The van der Waals surface area contributed by atoms with Gasteiger partial charge in [0.05, 0.1) is 0 Å². The van der Waals surface area contributed by atoms with E-state index < -0.39 is 11.9 Å². The number of hydrogen-bond donors (Lipinski definition) is 2. The van der Waals surface area contributed by atoms with Crippen molar-refractivity contribution >= 4 is 11.9 Å². The second-order valence-corrected chi connectivity index (χ2v) is 7.28. The Morgan fingerprint density at radius 1 is 0.618 bits per heavy atom. The third-order valence-corrected chi connectivity index (χ3v) is 4.98. The molecule has 0 spiro atoms. The molecule has 0 amide bonds. The van der Waals surface area contributed by atoms with Gasteiger partial charge < -0.3 is 19.7 Å². The summed E-state index contributed by atoms with van der Waals surface area (Å²) in [5.74, 6) is -1.83. The second kappa shape index (κ2) is 10.3. The first kappa shape index (κ1) is 22.5. The number of benzene rings is 2. The number of pyridine rings is 2. The molecule has 2 aromatic heterocycles. The number of carboxylic acid groups (broad SMARTS) is 2. The molecule has 2 aromatic carbocycles. The molecule has 0 saturated heterocycles. The molecule has 0 unspecified atom stereocenters. The molecule has 4 rings (SSSR count). The SMILES string of the molecule is O=C(O)c1ncccc1OCc1ccc(-c2ccc(COc3cccnc3C(=O)O)cc2)cc1.